The van der Waals surface area contributed by atoms with Crippen molar-refractivity contribution in [1.82, 2.24) is 0 Å². The third-order valence-electron chi connectivity index (χ3n) is 4.43. The van der Waals surface area contributed by atoms with Gasteiger partial charge in [-0.1, -0.05) is 37.6 Å². The lowest BCUT2D eigenvalue weighted by molar-refractivity contribution is -0.129. The third kappa shape index (κ3) is 5.03. The van der Waals surface area contributed by atoms with Gasteiger partial charge in [0.25, 0.3) is 0 Å². The highest BCUT2D eigenvalue weighted by Crippen LogP contribution is 2.38. The van der Waals surface area contributed by atoms with Crippen LogP contribution < -0.4 is 9.47 Å². The molecule has 1 aliphatic rings. The zero-order valence-electron chi connectivity index (χ0n) is 17.9. The second-order valence-corrected chi connectivity index (χ2v) is 7.95. The maximum Gasteiger partial charge on any atom is 0.363 e. The molecule has 0 aromatic heterocycles. The highest BCUT2D eigenvalue weighted by Gasteiger charge is 2.24. The Labute approximate surface area is 182 Å². The molecule has 0 amide bonds. The van der Waals surface area contributed by atoms with E-state index in [0.29, 0.717) is 34.6 Å². The second-order valence-electron chi connectivity index (χ2n) is 7.54. The van der Waals surface area contributed by atoms with E-state index in [1.54, 1.807) is 18.2 Å². The molecule has 2 aromatic rings. The van der Waals surface area contributed by atoms with Crippen molar-refractivity contribution in [1.29, 1.82) is 0 Å². The number of nitrogens with zero attached hydrogens (tertiary/aromatic N) is 1. The number of rotatable bonds is 7. The Morgan fingerprint density at radius 3 is 2.43 bits per heavy atom. The molecule has 3 rings (SSSR count). The van der Waals surface area contributed by atoms with Crippen LogP contribution in [0.25, 0.3) is 6.08 Å². The quantitative estimate of drug-likeness (QED) is 0.402. The maximum atomic E-state index is 12.4. The molecule has 0 radical (unpaired) electrons. The lowest BCUT2D eigenvalue weighted by Crippen LogP contribution is -2.08. The van der Waals surface area contributed by atoms with Crippen molar-refractivity contribution in [3.8, 4) is 11.5 Å². The number of hydrogen-bond donors (Lipinski definition) is 0. The van der Waals surface area contributed by atoms with Crippen molar-refractivity contribution < 1.29 is 19.0 Å². The van der Waals surface area contributed by atoms with Crippen molar-refractivity contribution in [3.63, 3.8) is 0 Å². The van der Waals surface area contributed by atoms with Crippen LogP contribution in [-0.2, 0) is 9.53 Å². The summed E-state index contributed by atoms with van der Waals surface area (Å²) in [6, 6.07) is 11.3. The predicted molar refractivity (Wildman–Crippen MR) is 120 cm³/mol. The summed E-state index contributed by atoms with van der Waals surface area (Å²) in [5.41, 5.74) is 2.84. The number of aliphatic imine (C=N–C) groups is 1. The van der Waals surface area contributed by atoms with E-state index < -0.39 is 5.97 Å². The average molecular weight is 428 g/mol. The summed E-state index contributed by atoms with van der Waals surface area (Å²) < 4.78 is 16.8. The number of benzene rings is 2. The first kappa shape index (κ1) is 21.9. The first-order chi connectivity index (χ1) is 14.3. The first-order valence-corrected chi connectivity index (χ1v) is 10.4. The zero-order chi connectivity index (χ0) is 21.8. The van der Waals surface area contributed by atoms with E-state index in [2.05, 4.69) is 18.8 Å². The van der Waals surface area contributed by atoms with Gasteiger partial charge in [-0.15, -0.1) is 0 Å². The highest BCUT2D eigenvalue weighted by molar-refractivity contribution is 6.32. The van der Waals surface area contributed by atoms with Gasteiger partial charge in [-0.3, -0.25) is 0 Å². The van der Waals surface area contributed by atoms with Crippen molar-refractivity contribution in [2.75, 3.05) is 6.61 Å². The van der Waals surface area contributed by atoms with Gasteiger partial charge < -0.3 is 14.2 Å². The molecule has 0 bridgehead atoms. The lowest BCUT2D eigenvalue weighted by atomic mass is 10.0. The molecule has 1 aliphatic heterocycles. The molecule has 0 saturated heterocycles. The summed E-state index contributed by atoms with van der Waals surface area (Å²) in [5.74, 6) is 1.21. The molecule has 0 aliphatic carbocycles. The van der Waals surface area contributed by atoms with Gasteiger partial charge in [0.15, 0.2) is 17.2 Å². The molecule has 0 atom stereocenters. The van der Waals surface area contributed by atoms with Gasteiger partial charge >= 0.3 is 5.97 Å². The molecule has 30 heavy (non-hydrogen) atoms. The number of carbonyl (C=O) groups is 1. The molecule has 5 nitrogen and oxygen atoms in total. The largest absolute Gasteiger partial charge is 0.490 e. The molecule has 0 spiro atoms. The number of cyclic esters (lactones) is 1. The van der Waals surface area contributed by atoms with Crippen LogP contribution in [-0.4, -0.2) is 24.6 Å². The molecule has 0 N–H and O–H groups in total. The molecule has 0 fully saturated rings. The maximum absolute atomic E-state index is 12.4. The van der Waals surface area contributed by atoms with Crippen LogP contribution in [0, 0.1) is 0 Å². The number of hydrogen-bond acceptors (Lipinski definition) is 5. The Balaban J connectivity index is 1.92. The van der Waals surface area contributed by atoms with Crippen molar-refractivity contribution in [3.05, 3.63) is 63.8 Å². The third-order valence-corrected chi connectivity index (χ3v) is 4.71. The van der Waals surface area contributed by atoms with Gasteiger partial charge in [0.2, 0.25) is 5.90 Å². The summed E-state index contributed by atoms with van der Waals surface area (Å²) >= 11 is 6.41. The molecule has 6 heteroatoms. The smallest absolute Gasteiger partial charge is 0.363 e. The zero-order valence-corrected chi connectivity index (χ0v) is 18.6. The van der Waals surface area contributed by atoms with E-state index in [1.165, 1.54) is 5.56 Å². The van der Waals surface area contributed by atoms with E-state index in [0.717, 1.165) is 5.56 Å². The Morgan fingerprint density at radius 2 is 1.83 bits per heavy atom. The van der Waals surface area contributed by atoms with E-state index in [-0.39, 0.29) is 17.7 Å². The van der Waals surface area contributed by atoms with Gasteiger partial charge in [0.1, 0.15) is 0 Å². The number of halogens is 1. The van der Waals surface area contributed by atoms with Crippen LogP contribution in [0.3, 0.4) is 0 Å². The van der Waals surface area contributed by atoms with Gasteiger partial charge in [0, 0.05) is 5.56 Å². The van der Waals surface area contributed by atoms with Gasteiger partial charge in [-0.2, -0.15) is 0 Å². The molecule has 158 valence electrons. The summed E-state index contributed by atoms with van der Waals surface area (Å²) in [6.45, 7) is 10.4. The van der Waals surface area contributed by atoms with Crippen LogP contribution in [0.15, 0.2) is 47.1 Å². The number of ether oxygens (including phenoxy) is 3. The summed E-state index contributed by atoms with van der Waals surface area (Å²) in [6.07, 6.45) is 1.58. The molecule has 1 heterocycles. The Bertz CT molecular complexity index is 991. The minimum absolute atomic E-state index is 0.0510. The monoisotopic (exact) mass is 427 g/mol. The van der Waals surface area contributed by atoms with Crippen LogP contribution >= 0.6 is 11.6 Å². The fourth-order valence-electron chi connectivity index (χ4n) is 2.99. The van der Waals surface area contributed by atoms with E-state index in [1.807, 2.05) is 45.0 Å². The van der Waals surface area contributed by atoms with E-state index >= 15 is 0 Å². The van der Waals surface area contributed by atoms with Crippen LogP contribution in [0.4, 0.5) is 0 Å². The lowest BCUT2D eigenvalue weighted by Gasteiger charge is -2.16. The van der Waals surface area contributed by atoms with E-state index in [4.69, 9.17) is 25.8 Å². The highest BCUT2D eigenvalue weighted by atomic mass is 35.5. The number of carbonyl (C=O) groups excluding carboxylic acids is 1. The Morgan fingerprint density at radius 1 is 1.13 bits per heavy atom. The average Bonchev–Trinajstić information content (AvgIpc) is 3.05. The predicted octanol–water partition coefficient (Wildman–Crippen LogP) is 5.99. The second kappa shape index (κ2) is 9.35. The fraction of sp³-hybridized carbons (Fsp3) is 0.333. The molecular weight excluding hydrogens is 402 g/mol. The molecular formula is C24H26ClNO4. The number of esters is 1. The van der Waals surface area contributed by atoms with Crippen LogP contribution in [0.1, 0.15) is 57.2 Å². The molecule has 0 saturated carbocycles. The standard InChI is InChI=1S/C24H26ClNO4/c1-6-28-21-13-16(11-19(25)22(21)29-15(4)5)12-20-24(27)30-23(26-20)18-9-7-17(8-10-18)14(2)3/h7-15H,6H2,1-5H3/b20-12-. The molecule has 0 unspecified atom stereocenters. The molecule has 2 aromatic carbocycles. The topological polar surface area (TPSA) is 57.1 Å². The fourth-order valence-corrected chi connectivity index (χ4v) is 3.25. The Kier molecular flexibility index (Phi) is 6.83. The summed E-state index contributed by atoms with van der Waals surface area (Å²) in [4.78, 5) is 16.7. The van der Waals surface area contributed by atoms with Crippen LogP contribution in [0.2, 0.25) is 5.02 Å². The van der Waals surface area contributed by atoms with Crippen molar-refractivity contribution in [2.24, 2.45) is 4.99 Å². The van der Waals surface area contributed by atoms with Crippen molar-refractivity contribution >= 4 is 29.5 Å². The summed E-state index contributed by atoms with van der Waals surface area (Å²) in [5, 5.41) is 0.404. The normalized spacial score (nSPS) is 15.0. The summed E-state index contributed by atoms with van der Waals surface area (Å²) in [7, 11) is 0. The first-order valence-electron chi connectivity index (χ1n) is 10.0. The minimum Gasteiger partial charge on any atom is -0.490 e. The van der Waals surface area contributed by atoms with Gasteiger partial charge in [0.05, 0.1) is 17.7 Å². The SMILES string of the molecule is CCOc1cc(/C=C2\N=C(c3ccc(C(C)C)cc3)OC2=O)cc(Cl)c1OC(C)C. The van der Waals surface area contributed by atoms with E-state index in [9.17, 15) is 4.79 Å². The van der Waals surface area contributed by atoms with Crippen molar-refractivity contribution in [2.45, 2.75) is 46.6 Å². The van der Waals surface area contributed by atoms with Gasteiger partial charge in [-0.25, -0.2) is 9.79 Å². The van der Waals surface area contributed by atoms with Crippen LogP contribution in [0.5, 0.6) is 11.5 Å². The van der Waals surface area contributed by atoms with Gasteiger partial charge in [-0.05, 0) is 68.2 Å². The minimum atomic E-state index is -0.505. The Hall–Kier alpha value is -2.79.